The average molecular weight is 1060 g/mol. The summed E-state index contributed by atoms with van der Waals surface area (Å²) < 4.78 is 16.9. The van der Waals surface area contributed by atoms with Gasteiger partial charge in [0.1, 0.15) is 13.2 Å². The third kappa shape index (κ3) is 61.7. The number of esters is 3. The molecule has 0 saturated heterocycles. The van der Waals surface area contributed by atoms with Crippen molar-refractivity contribution in [1.82, 2.24) is 0 Å². The largest absolute Gasteiger partial charge is 0.462 e. The predicted octanol–water partition coefficient (Wildman–Crippen LogP) is 22.5. The number of carbonyl (C=O) groups is 3. The van der Waals surface area contributed by atoms with E-state index in [0.717, 1.165) is 96.3 Å². The number of hydrogen-bond acceptors (Lipinski definition) is 6. The van der Waals surface area contributed by atoms with E-state index in [0.29, 0.717) is 19.3 Å². The number of unbranched alkanes of at least 4 members (excludes halogenated alkanes) is 37. The summed E-state index contributed by atoms with van der Waals surface area (Å²) in [6.07, 6.45) is 83.4. The molecule has 440 valence electrons. The molecule has 0 fully saturated rings. The first-order valence-electron chi connectivity index (χ1n) is 32.9. The molecular weight excluding hydrogens is 937 g/mol. The zero-order chi connectivity index (χ0) is 55.0. The Morgan fingerprint density at radius 3 is 0.829 bits per heavy atom. The fraction of sp³-hybridized carbons (Fsp3) is 0.786. The van der Waals surface area contributed by atoms with Crippen LogP contribution in [0.15, 0.2) is 72.9 Å². The van der Waals surface area contributed by atoms with Crippen molar-refractivity contribution in [3.63, 3.8) is 0 Å². The van der Waals surface area contributed by atoms with Crippen molar-refractivity contribution in [2.24, 2.45) is 0 Å². The predicted molar refractivity (Wildman–Crippen MR) is 330 cm³/mol. The van der Waals surface area contributed by atoms with Gasteiger partial charge in [-0.15, -0.1) is 0 Å². The van der Waals surface area contributed by atoms with Gasteiger partial charge in [0.05, 0.1) is 0 Å². The van der Waals surface area contributed by atoms with Gasteiger partial charge in [0.25, 0.3) is 0 Å². The summed E-state index contributed by atoms with van der Waals surface area (Å²) in [7, 11) is 0. The van der Waals surface area contributed by atoms with E-state index in [2.05, 4.69) is 93.7 Å². The van der Waals surface area contributed by atoms with Crippen molar-refractivity contribution < 1.29 is 28.6 Å². The van der Waals surface area contributed by atoms with E-state index >= 15 is 0 Å². The molecule has 0 aliphatic heterocycles. The maximum absolute atomic E-state index is 12.9. The molecule has 0 heterocycles. The highest BCUT2D eigenvalue weighted by atomic mass is 16.6. The van der Waals surface area contributed by atoms with Crippen molar-refractivity contribution in [2.45, 2.75) is 341 Å². The molecule has 0 aromatic rings. The first kappa shape index (κ1) is 72.8. The van der Waals surface area contributed by atoms with Crippen molar-refractivity contribution in [3.8, 4) is 0 Å². The number of carbonyl (C=O) groups excluding carboxylic acids is 3. The summed E-state index contributed by atoms with van der Waals surface area (Å²) in [4.78, 5) is 38.3. The van der Waals surface area contributed by atoms with E-state index in [-0.39, 0.29) is 31.1 Å². The summed E-state index contributed by atoms with van der Waals surface area (Å²) in [6, 6.07) is 0. The van der Waals surface area contributed by atoms with Crippen molar-refractivity contribution in [2.75, 3.05) is 13.2 Å². The maximum Gasteiger partial charge on any atom is 0.306 e. The highest BCUT2D eigenvalue weighted by Gasteiger charge is 2.19. The molecular formula is C70H124O6. The second-order valence-corrected chi connectivity index (χ2v) is 22.0. The first-order valence-corrected chi connectivity index (χ1v) is 32.9. The maximum atomic E-state index is 12.9. The zero-order valence-corrected chi connectivity index (χ0v) is 50.5. The molecule has 0 radical (unpaired) electrons. The lowest BCUT2D eigenvalue weighted by molar-refractivity contribution is -0.167. The molecule has 0 rings (SSSR count). The third-order valence-electron chi connectivity index (χ3n) is 14.4. The van der Waals surface area contributed by atoms with Gasteiger partial charge < -0.3 is 14.2 Å². The summed E-state index contributed by atoms with van der Waals surface area (Å²) in [5, 5.41) is 0. The fourth-order valence-corrected chi connectivity index (χ4v) is 9.53. The highest BCUT2D eigenvalue weighted by Crippen LogP contribution is 2.17. The van der Waals surface area contributed by atoms with Crippen LogP contribution in [0.25, 0.3) is 0 Å². The van der Waals surface area contributed by atoms with Crippen LogP contribution >= 0.6 is 0 Å². The van der Waals surface area contributed by atoms with Crippen LogP contribution in [-0.4, -0.2) is 37.2 Å². The van der Waals surface area contributed by atoms with E-state index in [9.17, 15) is 14.4 Å². The molecule has 0 aliphatic rings. The second kappa shape index (κ2) is 64.4. The van der Waals surface area contributed by atoms with E-state index in [4.69, 9.17) is 14.2 Å². The molecule has 0 N–H and O–H groups in total. The summed E-state index contributed by atoms with van der Waals surface area (Å²) in [5.41, 5.74) is 0. The normalized spacial score (nSPS) is 12.5. The number of hydrogen-bond donors (Lipinski definition) is 0. The van der Waals surface area contributed by atoms with E-state index in [1.54, 1.807) is 0 Å². The van der Waals surface area contributed by atoms with Gasteiger partial charge in [-0.1, -0.05) is 299 Å². The third-order valence-corrected chi connectivity index (χ3v) is 14.4. The van der Waals surface area contributed by atoms with Crippen molar-refractivity contribution >= 4 is 17.9 Å². The molecule has 6 nitrogen and oxygen atoms in total. The standard InChI is InChI=1S/C70H124O6/c1-4-7-10-13-16-19-22-25-27-29-30-31-32-33-34-35-36-37-38-39-40-41-43-45-48-51-54-57-60-63-69(72)75-66-67(65-74-68(71)62-59-56-53-50-47-44-24-21-18-15-12-9-6-3)76-70(73)64-61-58-55-52-49-46-42-28-26-23-20-17-14-11-8-5-2/h7,10,16,19,21,24-25,27,30-31,33-34,67H,4-6,8-9,11-15,17-18,20,22-23,26,28-29,32,35-66H2,1-3H3/b10-7-,19-16-,24-21-,27-25-,31-30-,34-33-. The Labute approximate surface area is 472 Å². The average Bonchev–Trinajstić information content (AvgIpc) is 3.42. The first-order chi connectivity index (χ1) is 37.5. The van der Waals surface area contributed by atoms with Gasteiger partial charge in [0, 0.05) is 19.3 Å². The van der Waals surface area contributed by atoms with Gasteiger partial charge in [-0.3, -0.25) is 14.4 Å². The van der Waals surface area contributed by atoms with Crippen LogP contribution in [0.5, 0.6) is 0 Å². The minimum Gasteiger partial charge on any atom is -0.462 e. The number of ether oxygens (including phenoxy) is 3. The smallest absolute Gasteiger partial charge is 0.306 e. The SMILES string of the molecule is CC/C=C\C/C=C\C/C=C\C/C=C\C/C=C\CCCCCCCCCCCCCCCC(=O)OCC(COC(=O)CCCCCCC/C=C\CCCCCC)OC(=O)CCCCCCCCCCCCCCCCCC. The summed E-state index contributed by atoms with van der Waals surface area (Å²) in [6.45, 7) is 6.55. The molecule has 0 bridgehead atoms. The molecule has 0 amide bonds. The van der Waals surface area contributed by atoms with Gasteiger partial charge in [0.2, 0.25) is 0 Å². The highest BCUT2D eigenvalue weighted by molar-refractivity contribution is 5.71. The van der Waals surface area contributed by atoms with E-state index in [1.807, 2.05) is 0 Å². The summed E-state index contributed by atoms with van der Waals surface area (Å²) >= 11 is 0. The molecule has 0 aromatic carbocycles. The Morgan fingerprint density at radius 2 is 0.513 bits per heavy atom. The lowest BCUT2D eigenvalue weighted by Gasteiger charge is -2.18. The second-order valence-electron chi connectivity index (χ2n) is 22.0. The van der Waals surface area contributed by atoms with Crippen LogP contribution in [-0.2, 0) is 28.6 Å². The molecule has 1 atom stereocenters. The summed E-state index contributed by atoms with van der Waals surface area (Å²) in [5.74, 6) is -0.866. The molecule has 0 spiro atoms. The Bertz CT molecular complexity index is 1400. The van der Waals surface area contributed by atoms with E-state index in [1.165, 1.54) is 199 Å². The van der Waals surface area contributed by atoms with Gasteiger partial charge in [-0.2, -0.15) is 0 Å². The Kier molecular flexibility index (Phi) is 61.7. The van der Waals surface area contributed by atoms with Crippen molar-refractivity contribution in [3.05, 3.63) is 72.9 Å². The fourth-order valence-electron chi connectivity index (χ4n) is 9.53. The Hall–Kier alpha value is -3.15. The van der Waals surface area contributed by atoms with Crippen LogP contribution in [0.4, 0.5) is 0 Å². The molecule has 0 saturated carbocycles. The van der Waals surface area contributed by atoms with Crippen molar-refractivity contribution in [1.29, 1.82) is 0 Å². The molecule has 0 aromatic heterocycles. The van der Waals surface area contributed by atoms with Gasteiger partial charge in [-0.05, 0) is 89.9 Å². The van der Waals surface area contributed by atoms with Crippen LogP contribution < -0.4 is 0 Å². The van der Waals surface area contributed by atoms with Crippen LogP contribution in [0.3, 0.4) is 0 Å². The quantitative estimate of drug-likeness (QED) is 0.0261. The minimum atomic E-state index is -0.777. The Morgan fingerprint density at radius 1 is 0.276 bits per heavy atom. The minimum absolute atomic E-state index is 0.0743. The monoisotopic (exact) mass is 1060 g/mol. The lowest BCUT2D eigenvalue weighted by Crippen LogP contribution is -2.30. The van der Waals surface area contributed by atoms with Gasteiger partial charge in [-0.25, -0.2) is 0 Å². The lowest BCUT2D eigenvalue weighted by atomic mass is 10.0. The van der Waals surface area contributed by atoms with Gasteiger partial charge in [0.15, 0.2) is 6.10 Å². The topological polar surface area (TPSA) is 78.9 Å². The number of allylic oxidation sites excluding steroid dienone is 12. The molecule has 0 aliphatic carbocycles. The number of rotatable bonds is 60. The van der Waals surface area contributed by atoms with Crippen LogP contribution in [0.1, 0.15) is 335 Å². The molecule has 1 unspecified atom stereocenters. The van der Waals surface area contributed by atoms with Gasteiger partial charge >= 0.3 is 17.9 Å². The van der Waals surface area contributed by atoms with E-state index < -0.39 is 6.10 Å². The molecule has 76 heavy (non-hydrogen) atoms. The van der Waals surface area contributed by atoms with Crippen LogP contribution in [0, 0.1) is 0 Å². The van der Waals surface area contributed by atoms with Crippen LogP contribution in [0.2, 0.25) is 0 Å². The Balaban J connectivity index is 4.22. The molecule has 6 heteroatoms. The zero-order valence-electron chi connectivity index (χ0n) is 50.5.